The Balaban J connectivity index is 1.19. The molecule has 55 heavy (non-hydrogen) atoms. The first-order valence-electron chi connectivity index (χ1n) is 19.2. The molecule has 0 unspecified atom stereocenters. The number of aromatic hydroxyl groups is 3. The number of aryl methyl sites for hydroxylation is 4. The van der Waals surface area contributed by atoms with E-state index in [0.717, 1.165) is 105 Å². The van der Waals surface area contributed by atoms with Crippen LogP contribution in [-0.2, 0) is 0 Å². The zero-order valence-corrected chi connectivity index (χ0v) is 32.6. The van der Waals surface area contributed by atoms with Crippen LogP contribution < -0.4 is 4.90 Å². The first kappa shape index (κ1) is 34.6. The van der Waals surface area contributed by atoms with E-state index in [1.165, 1.54) is 4.90 Å². The third-order valence-corrected chi connectivity index (χ3v) is 11.7. The normalized spacial score (nSPS) is 13.2. The molecule has 2 N–H and O–H groups in total. The number of nitrogens with zero attached hydrogens (tertiary/aromatic N) is 1. The summed E-state index contributed by atoms with van der Waals surface area (Å²) >= 11 is 0. The van der Waals surface area contributed by atoms with Crippen molar-refractivity contribution in [2.75, 3.05) is 4.90 Å². The van der Waals surface area contributed by atoms with Crippen molar-refractivity contribution in [3.05, 3.63) is 142 Å². The molecule has 0 aromatic heterocycles. The van der Waals surface area contributed by atoms with Gasteiger partial charge in [-0.25, -0.2) is 4.90 Å². The van der Waals surface area contributed by atoms with Crippen molar-refractivity contribution in [2.45, 2.75) is 67.2 Å². The summed E-state index contributed by atoms with van der Waals surface area (Å²) in [6.45, 7) is 16.5. The van der Waals surface area contributed by atoms with Crippen LogP contribution >= 0.6 is 0 Å². The summed E-state index contributed by atoms with van der Waals surface area (Å²) in [4.78, 5) is 30.7. The van der Waals surface area contributed by atoms with Gasteiger partial charge in [0.25, 0.3) is 23.3 Å². The fourth-order valence-electron chi connectivity index (χ4n) is 9.09. The number of amides is 2. The second-order valence-corrected chi connectivity index (χ2v) is 16.0. The van der Waals surface area contributed by atoms with Crippen LogP contribution in [0.2, 0.25) is 0 Å². The molecule has 8 aromatic carbocycles. The number of rotatable bonds is 6. The maximum Gasteiger partial charge on any atom is 0.268 e. The summed E-state index contributed by atoms with van der Waals surface area (Å²) in [7, 11) is 0. The van der Waals surface area contributed by atoms with Crippen molar-refractivity contribution < 1.29 is 19.4 Å². The predicted molar refractivity (Wildman–Crippen MR) is 227 cm³/mol. The Kier molecular flexibility index (Phi) is 7.81. The lowest BCUT2D eigenvalue weighted by Gasteiger charge is -2.32. The third-order valence-electron chi connectivity index (χ3n) is 11.7. The average molecular weight is 723 g/mol. The summed E-state index contributed by atoms with van der Waals surface area (Å²) in [6.07, 6.45) is 0. The number of fused-ring (bicyclic) bond motifs is 2. The number of anilines is 1. The topological polar surface area (TPSA) is 70.4 Å². The van der Waals surface area contributed by atoms with Crippen molar-refractivity contribution >= 4 is 60.6 Å². The summed E-state index contributed by atoms with van der Waals surface area (Å²) < 4.78 is 5.31. The van der Waals surface area contributed by atoms with E-state index in [0.29, 0.717) is 16.9 Å². The lowest BCUT2D eigenvalue weighted by Crippen LogP contribution is -2.41. The van der Waals surface area contributed by atoms with Gasteiger partial charge in [0, 0.05) is 39.1 Å². The van der Waals surface area contributed by atoms with Crippen LogP contribution in [0.25, 0.3) is 54.2 Å². The Bertz CT molecular complexity index is 2810. The molecule has 5 heteroatoms. The van der Waals surface area contributed by atoms with Gasteiger partial charge in [-0.05, 0) is 148 Å². The molecule has 2 amide bonds. The van der Waals surface area contributed by atoms with Gasteiger partial charge in [0.1, 0.15) is 5.75 Å². The second-order valence-electron chi connectivity index (χ2n) is 16.0. The standard InChI is InChI=1S/C50H43NO4/c1-25(2)33-11-9-12-34(26(3)4)46(33)51-49(53)40-17-15-37-35-13-10-14-39-42(20-19-36(43(35)39)38-16-18-41(50(51)54)45(40)44(37)38)55-48-29(7)23-32(24-30(48)8)31-21-27(5)47(52)28(6)22-31/h9-26,52H,1-8H3/p+1. The molecule has 5 nitrogen and oxygen atoms in total. The molecule has 0 saturated heterocycles. The summed E-state index contributed by atoms with van der Waals surface area (Å²) in [5.41, 5.74) is 9.84. The van der Waals surface area contributed by atoms with Crippen molar-refractivity contribution in [1.82, 2.24) is 0 Å². The molecule has 9 rings (SSSR count). The molecular weight excluding hydrogens is 679 g/mol. The van der Waals surface area contributed by atoms with Gasteiger partial charge >= 0.3 is 0 Å². The lowest BCUT2D eigenvalue weighted by atomic mass is 9.84. The Morgan fingerprint density at radius 2 is 0.982 bits per heavy atom. The van der Waals surface area contributed by atoms with Gasteiger partial charge in [-0.2, -0.15) is 0 Å². The SMILES string of the molecule is Cc1cc(-c2cc(C)c([OH+]c3ccc4c5ccc6c7c(ccc(c8cccc3c84)c75)C(=O)N(c3c(C(C)C)cccc3C(C)C)C6=O)c(C)c2)cc(C)c1O. The second kappa shape index (κ2) is 12.4. The average Bonchev–Trinajstić information content (AvgIpc) is 3.16. The van der Waals surface area contributed by atoms with E-state index in [9.17, 15) is 14.7 Å². The van der Waals surface area contributed by atoms with E-state index in [-0.39, 0.29) is 23.7 Å². The maximum atomic E-state index is 14.6. The van der Waals surface area contributed by atoms with Crippen molar-refractivity contribution in [1.29, 1.82) is 0 Å². The molecule has 8 aromatic rings. The Labute approximate surface area is 321 Å². The number of benzene rings is 8. The van der Waals surface area contributed by atoms with Crippen LogP contribution in [0.3, 0.4) is 0 Å². The van der Waals surface area contributed by atoms with Crippen LogP contribution in [0.4, 0.5) is 5.69 Å². The highest BCUT2D eigenvalue weighted by Crippen LogP contribution is 2.48. The van der Waals surface area contributed by atoms with Gasteiger partial charge in [0.15, 0.2) is 0 Å². The number of para-hydroxylation sites is 1. The molecule has 0 aliphatic carbocycles. The Hall–Kier alpha value is -6.20. The molecule has 0 atom stereocenters. The molecule has 1 aliphatic heterocycles. The van der Waals surface area contributed by atoms with Gasteiger partial charge in [-0.1, -0.05) is 70.2 Å². The molecule has 272 valence electrons. The first-order chi connectivity index (χ1) is 26.3. The van der Waals surface area contributed by atoms with Crippen LogP contribution in [0.1, 0.15) is 93.6 Å². The fraction of sp³-hybridized carbons (Fsp3) is 0.200. The molecular formula is C50H44NO4+. The summed E-state index contributed by atoms with van der Waals surface area (Å²) in [6, 6.07) is 33.1. The summed E-state index contributed by atoms with van der Waals surface area (Å²) in [5, 5.41) is 18.4. The zero-order valence-electron chi connectivity index (χ0n) is 32.6. The smallest absolute Gasteiger partial charge is 0.268 e. The number of imide groups is 1. The maximum absolute atomic E-state index is 14.6. The minimum atomic E-state index is -0.276. The number of carbonyl (C=O) groups excluding carboxylic acids is 2. The van der Waals surface area contributed by atoms with Gasteiger partial charge in [0.05, 0.1) is 11.1 Å². The summed E-state index contributed by atoms with van der Waals surface area (Å²) in [5.74, 6) is 1.87. The Morgan fingerprint density at radius 3 is 1.53 bits per heavy atom. The number of hydrogen-bond donors (Lipinski definition) is 1. The minimum absolute atomic E-state index is 0.131. The first-order valence-corrected chi connectivity index (χ1v) is 19.2. The molecule has 0 radical (unpaired) electrons. The molecule has 0 saturated carbocycles. The van der Waals surface area contributed by atoms with Crippen molar-refractivity contribution in [3.63, 3.8) is 0 Å². The quantitative estimate of drug-likeness (QED) is 0.0804. The molecule has 1 heterocycles. The van der Waals surface area contributed by atoms with Crippen LogP contribution in [-0.4, -0.2) is 21.7 Å². The van der Waals surface area contributed by atoms with Gasteiger partial charge in [-0.15, -0.1) is 0 Å². The van der Waals surface area contributed by atoms with E-state index < -0.39 is 0 Å². The van der Waals surface area contributed by atoms with E-state index >= 15 is 0 Å². The lowest BCUT2D eigenvalue weighted by molar-refractivity contribution is 0.0893. The van der Waals surface area contributed by atoms with Crippen LogP contribution in [0.15, 0.2) is 97.1 Å². The van der Waals surface area contributed by atoms with Gasteiger partial charge in [0.2, 0.25) is 0 Å². The minimum Gasteiger partial charge on any atom is -0.545 e. The van der Waals surface area contributed by atoms with Crippen molar-refractivity contribution in [3.8, 4) is 28.4 Å². The monoisotopic (exact) mass is 722 g/mol. The van der Waals surface area contributed by atoms with Gasteiger partial charge < -0.3 is 9.84 Å². The van der Waals surface area contributed by atoms with E-state index in [2.05, 4.69) is 96.1 Å². The molecule has 0 spiro atoms. The number of phenolic OH excluding ortho intramolecular Hbond substituents is 1. The fourth-order valence-corrected chi connectivity index (χ4v) is 9.09. The Morgan fingerprint density at radius 1 is 0.527 bits per heavy atom. The zero-order chi connectivity index (χ0) is 38.6. The third kappa shape index (κ3) is 5.06. The van der Waals surface area contributed by atoms with Crippen LogP contribution in [0.5, 0.6) is 17.2 Å². The molecule has 0 fully saturated rings. The van der Waals surface area contributed by atoms with E-state index in [4.69, 9.17) is 4.74 Å². The number of carbonyl (C=O) groups is 2. The van der Waals surface area contributed by atoms with E-state index in [1.807, 2.05) is 56.3 Å². The number of phenols is 1. The molecule has 0 bridgehead atoms. The van der Waals surface area contributed by atoms with Crippen molar-refractivity contribution in [2.24, 2.45) is 0 Å². The molecule has 1 aliphatic rings. The van der Waals surface area contributed by atoms with E-state index in [1.54, 1.807) is 0 Å². The highest BCUT2D eigenvalue weighted by Gasteiger charge is 2.38. The van der Waals surface area contributed by atoms with Gasteiger partial charge in [-0.3, -0.25) is 9.59 Å². The highest BCUT2D eigenvalue weighted by atomic mass is 16.5. The number of ether oxygens (including phenoxy) is 1. The number of hydrogen-bond acceptors (Lipinski definition) is 3. The largest absolute Gasteiger partial charge is 0.545 e. The van der Waals surface area contributed by atoms with Crippen LogP contribution in [0, 0.1) is 27.7 Å². The highest BCUT2D eigenvalue weighted by molar-refractivity contribution is 6.42. The predicted octanol–water partition coefficient (Wildman–Crippen LogP) is 13.0.